The van der Waals surface area contributed by atoms with Crippen molar-refractivity contribution in [3.63, 3.8) is 0 Å². The minimum absolute atomic E-state index is 0. The summed E-state index contributed by atoms with van der Waals surface area (Å²) in [6, 6.07) is 79.2. The Morgan fingerprint density at radius 3 is 1.39 bits per heavy atom. The summed E-state index contributed by atoms with van der Waals surface area (Å²) in [5, 5.41) is 27.2. The number of hydrogen-bond acceptors (Lipinski definition) is 12. The second kappa shape index (κ2) is 40.7. The minimum atomic E-state index is -4.78. The van der Waals surface area contributed by atoms with Gasteiger partial charge in [0.2, 0.25) is 0 Å². The van der Waals surface area contributed by atoms with Crippen LogP contribution in [0.1, 0.15) is 133 Å². The largest absolute Gasteiger partial charge is 0.501 e. The zero-order valence-corrected chi connectivity index (χ0v) is 73.4. The third-order valence-corrected chi connectivity index (χ3v) is 18.8. The van der Waals surface area contributed by atoms with Gasteiger partial charge in [0.1, 0.15) is 16.7 Å². The first-order valence-electron chi connectivity index (χ1n) is 42.2. The molecule has 0 spiro atoms. The van der Waals surface area contributed by atoms with Gasteiger partial charge in [-0.2, -0.15) is 12.8 Å². The SMILES string of the molecule is CC(C)(C)Cc1ccc(-c2[c-]cccc2)nc1.CO.CO.O=S(=O)(O)C(F)(S)S.[2H]C(C)(C)C.[2H]C([2H])([2H])c1cnc(-c2cccc3c2oc2ccc4c5ccccc5ccc4c23)cc1C([2H])([2H])C(C)(C)C.[2H]C([2H])(c1ccc(-c2[c-]cccc2)nc1)C(C)(C)C.[2H]Cc1cc(-c2[c-]ccc3c2oc2ccc4c5ccccc5ccc4c23)ncc1C([2H])([2H])[2H].[Ir].[Ir]. The third-order valence-electron chi connectivity index (χ3n) is 16.8. The van der Waals surface area contributed by atoms with Crippen LogP contribution in [0.2, 0.25) is 0 Å². The van der Waals surface area contributed by atoms with Gasteiger partial charge in [-0.3, -0.25) is 9.54 Å². The fourth-order valence-electron chi connectivity index (χ4n) is 12.3. The van der Waals surface area contributed by atoms with E-state index in [0.717, 1.165) is 97.4 Å². The van der Waals surface area contributed by atoms with E-state index in [1.54, 1.807) is 39.1 Å². The third kappa shape index (κ3) is 24.2. The Kier molecular flexibility index (Phi) is 26.8. The molecular weight excluding hydrogens is 1830 g/mol. The van der Waals surface area contributed by atoms with Crippen molar-refractivity contribution >= 4 is 122 Å². The van der Waals surface area contributed by atoms with E-state index in [4.69, 9.17) is 40.0 Å². The van der Waals surface area contributed by atoms with Crippen LogP contribution < -0.4 is 0 Å². The number of rotatable bonds is 8. The number of nitrogens with zero attached hydrogens (tertiary/aromatic N) is 4. The molecule has 6 heterocycles. The van der Waals surface area contributed by atoms with Crippen LogP contribution in [0.25, 0.3) is 132 Å². The van der Waals surface area contributed by atoms with E-state index in [0.29, 0.717) is 50.2 Å². The maximum absolute atomic E-state index is 11.8. The normalized spacial score (nSPS) is 13.5. The van der Waals surface area contributed by atoms with E-state index in [9.17, 15) is 12.8 Å². The molecule has 598 valence electrons. The zero-order chi connectivity index (χ0) is 91.7. The van der Waals surface area contributed by atoms with Crippen molar-refractivity contribution in [3.8, 4) is 45.0 Å². The number of para-hydroxylation sites is 1. The number of furan rings is 2. The maximum atomic E-state index is 11.8. The average Bonchev–Trinajstić information content (AvgIpc) is 1.57. The molecule has 11 nitrogen and oxygen atoms in total. The zero-order valence-electron chi connectivity index (χ0n) is 78.0. The fraction of sp³-hybridized carbons (Fsp3) is 0.258. The molecule has 2 radical (unpaired) electrons. The van der Waals surface area contributed by atoms with E-state index in [-0.39, 0.29) is 69.7 Å². The summed E-state index contributed by atoms with van der Waals surface area (Å²) < 4.78 is 145. The van der Waals surface area contributed by atoms with Crippen LogP contribution in [0, 0.1) is 60.9 Å². The van der Waals surface area contributed by atoms with E-state index in [1.807, 2.05) is 175 Å². The number of aliphatic hydroxyl groups excluding tert-OH is 2. The molecule has 10 aromatic carbocycles. The number of alkyl halides is 1. The van der Waals surface area contributed by atoms with Gasteiger partial charge < -0.3 is 34.0 Å². The molecular formula is C97H102FIr2N4O7S3-3. The van der Waals surface area contributed by atoms with Gasteiger partial charge in [-0.1, -0.05) is 227 Å². The predicted molar refractivity (Wildman–Crippen MR) is 474 cm³/mol. The first kappa shape index (κ1) is 75.3. The number of fused-ring (bicyclic) bond motifs is 14. The molecule has 0 fully saturated rings. The number of aliphatic hydroxyl groups is 2. The molecule has 0 aliphatic carbocycles. The summed E-state index contributed by atoms with van der Waals surface area (Å²) in [7, 11) is -2.78. The Morgan fingerprint density at radius 2 is 0.930 bits per heavy atom. The van der Waals surface area contributed by atoms with Gasteiger partial charge in [0.15, 0.2) is 0 Å². The van der Waals surface area contributed by atoms with Crippen LogP contribution in [0.3, 0.4) is 0 Å². The standard InChI is InChI=1S/C31H27NO.C27H18NO.2C16H18N.C4H10.CH3FO3S3.2CH4O.2Ir/c1-19-18-32-27(16-21(19)17-31(2,3)4)25-10-7-11-26-29-24-13-12-20-8-5-6-9-22(20)23(24)14-15-28(29)33-30(25)26;1-16-14-24(28-15-17(16)2)22-8-5-9-23-26-21-11-10-18-6-3-4-7-19(18)20(21)12-13-25(26)29-27(22)23;2*1-16(2,3)11-13-9-10-15(17-12-13)14-7-5-4-6-8-14;1-4(2)3;2-1(6,7)8(3,4)5;2*1-2;;/h5-16,18H,17H2,1-4H3;3-7,9-15H,1-2H3;2*4-7,9-10,12H,11H2,1-3H3;4H,1-3H3;6-7H,(H,3,4,5);2*2H,1H3;;/q;3*-1;;;;;;/i1D3,17D2;1D,2D3;11D2;;4D;;;;;. The first-order chi connectivity index (χ1) is 57.9. The van der Waals surface area contributed by atoms with Crippen LogP contribution in [0.5, 0.6) is 0 Å². The first-order valence-corrected chi connectivity index (χ1v) is 38.4. The van der Waals surface area contributed by atoms with Gasteiger partial charge in [-0.15, -0.1) is 115 Å². The molecule has 0 aliphatic heterocycles. The molecule has 17 heteroatoms. The van der Waals surface area contributed by atoms with Crippen LogP contribution in [-0.4, -0.2) is 61.0 Å². The number of benzene rings is 10. The molecule has 16 rings (SSSR count). The monoisotopic (exact) mass is 1950 g/mol. The maximum Gasteiger partial charge on any atom is 0.321 e. The number of halogens is 1. The van der Waals surface area contributed by atoms with Gasteiger partial charge >= 0.3 is 13.8 Å². The van der Waals surface area contributed by atoms with Gasteiger partial charge in [0.05, 0.1) is 11.3 Å². The number of aryl methyl sites for hydroxylation is 3. The summed E-state index contributed by atoms with van der Waals surface area (Å²) >= 11 is 5.59. The Labute approximate surface area is 726 Å². The van der Waals surface area contributed by atoms with E-state index >= 15 is 0 Å². The molecule has 3 N–H and O–H groups in total. The van der Waals surface area contributed by atoms with Gasteiger partial charge in [0, 0.05) is 117 Å². The second-order valence-corrected chi connectivity index (χ2v) is 33.7. The van der Waals surface area contributed by atoms with Crippen molar-refractivity contribution in [2.75, 3.05) is 14.2 Å². The molecule has 0 unspecified atom stereocenters. The van der Waals surface area contributed by atoms with Crippen LogP contribution in [-0.2, 0) is 69.5 Å². The fourth-order valence-corrected chi connectivity index (χ4v) is 12.3. The summed E-state index contributed by atoms with van der Waals surface area (Å²) in [4.78, 5) is 17.8. The molecule has 0 amide bonds. The van der Waals surface area contributed by atoms with Crippen molar-refractivity contribution in [1.29, 1.82) is 0 Å². The molecule has 0 bridgehead atoms. The smallest absolute Gasteiger partial charge is 0.321 e. The molecule has 114 heavy (non-hydrogen) atoms. The molecule has 6 aromatic heterocycles. The molecule has 0 saturated carbocycles. The van der Waals surface area contributed by atoms with Crippen LogP contribution in [0.4, 0.5) is 4.39 Å². The molecule has 0 aliphatic rings. The van der Waals surface area contributed by atoms with E-state index < -0.39 is 51.1 Å². The van der Waals surface area contributed by atoms with Crippen molar-refractivity contribution in [2.24, 2.45) is 22.1 Å². The van der Waals surface area contributed by atoms with Crippen LogP contribution >= 0.6 is 25.3 Å². The average molecular weight is 1950 g/mol. The topological polar surface area (TPSA) is 173 Å². The predicted octanol–water partition coefficient (Wildman–Crippen LogP) is 25.7. The molecule has 0 saturated heterocycles. The Bertz CT molecular complexity index is 6490. The number of aromatic nitrogens is 4. The summed E-state index contributed by atoms with van der Waals surface area (Å²) in [5.74, 6) is -0.250. The van der Waals surface area contributed by atoms with Crippen molar-refractivity contribution in [3.05, 3.63) is 289 Å². The van der Waals surface area contributed by atoms with E-state index in [2.05, 4.69) is 157 Å². The summed E-state index contributed by atoms with van der Waals surface area (Å²) in [5.41, 5.74) is 10.5. The van der Waals surface area contributed by atoms with Gasteiger partial charge in [0.25, 0.3) is 0 Å². The number of pyridine rings is 4. The van der Waals surface area contributed by atoms with Crippen LogP contribution in [0.15, 0.2) is 246 Å². The number of thiol groups is 2. The van der Waals surface area contributed by atoms with Gasteiger partial charge in [-0.05, 0) is 174 Å². The summed E-state index contributed by atoms with van der Waals surface area (Å²) in [6.45, 7) is 18.3. The molecule has 16 aromatic rings. The van der Waals surface area contributed by atoms with Crippen molar-refractivity contribution in [2.45, 2.75) is 127 Å². The van der Waals surface area contributed by atoms with E-state index in [1.165, 1.54) is 39.5 Å². The van der Waals surface area contributed by atoms with Crippen molar-refractivity contribution < 1.29 is 93.1 Å². The Balaban J connectivity index is 0.000000224. The van der Waals surface area contributed by atoms with Gasteiger partial charge in [-0.25, -0.2) is 0 Å². The second-order valence-electron chi connectivity index (χ2n) is 30.0. The minimum Gasteiger partial charge on any atom is -0.501 e. The number of hydrogen-bond donors (Lipinski definition) is 5. The summed E-state index contributed by atoms with van der Waals surface area (Å²) in [6.07, 6.45) is 3.99. The Hall–Kier alpha value is -8.80. The molecule has 0 atom stereocenters. The Morgan fingerprint density at radius 1 is 0.474 bits per heavy atom. The quantitative estimate of drug-likeness (QED) is 0.0322. The van der Waals surface area contributed by atoms with Crippen molar-refractivity contribution in [1.82, 2.24) is 19.9 Å².